The predicted molar refractivity (Wildman–Crippen MR) is 102 cm³/mol. The number of nitrogens with one attached hydrogen (secondary N) is 1. The van der Waals surface area contributed by atoms with Gasteiger partial charge in [0.2, 0.25) is 12.7 Å². The second-order valence-corrected chi connectivity index (χ2v) is 7.25. The minimum atomic E-state index is -0.345. The molecule has 1 fully saturated rings. The minimum Gasteiger partial charge on any atom is -0.454 e. The van der Waals surface area contributed by atoms with Crippen molar-refractivity contribution < 1.29 is 23.9 Å². The molecule has 3 amide bonds. The Kier molecular flexibility index (Phi) is 6.39. The molecule has 1 aromatic carbocycles. The van der Waals surface area contributed by atoms with Gasteiger partial charge in [0.25, 0.3) is 11.1 Å². The summed E-state index contributed by atoms with van der Waals surface area (Å²) in [5, 5.41) is 2.43. The van der Waals surface area contributed by atoms with Crippen molar-refractivity contribution in [3.63, 3.8) is 0 Å². The van der Waals surface area contributed by atoms with Crippen molar-refractivity contribution >= 4 is 34.9 Å². The number of imide groups is 1. The lowest BCUT2D eigenvalue weighted by Crippen LogP contribution is -2.37. The van der Waals surface area contributed by atoms with Gasteiger partial charge in [-0.25, -0.2) is 0 Å². The molecule has 2 heterocycles. The number of thioether (sulfide) groups is 1. The van der Waals surface area contributed by atoms with Gasteiger partial charge in [-0.3, -0.25) is 19.3 Å². The van der Waals surface area contributed by atoms with E-state index < -0.39 is 0 Å². The molecule has 1 saturated heterocycles. The van der Waals surface area contributed by atoms with Crippen LogP contribution in [-0.2, 0) is 9.59 Å². The van der Waals surface area contributed by atoms with Crippen molar-refractivity contribution in [1.29, 1.82) is 0 Å². The third-order valence-electron chi connectivity index (χ3n) is 4.23. The predicted octanol–water partition coefficient (Wildman–Crippen LogP) is 3.15. The maximum absolute atomic E-state index is 12.5. The topological polar surface area (TPSA) is 84.9 Å². The van der Waals surface area contributed by atoms with Crippen LogP contribution in [0.25, 0.3) is 6.08 Å². The van der Waals surface area contributed by atoms with Crippen LogP contribution in [0, 0.1) is 0 Å². The van der Waals surface area contributed by atoms with Crippen molar-refractivity contribution in [3.8, 4) is 11.5 Å². The molecular formula is C19H22N2O5S. The summed E-state index contributed by atoms with van der Waals surface area (Å²) < 4.78 is 10.6. The fourth-order valence-corrected chi connectivity index (χ4v) is 3.64. The minimum absolute atomic E-state index is 0.0497. The maximum atomic E-state index is 12.5. The number of ether oxygens (including phenoxy) is 2. The van der Waals surface area contributed by atoms with Crippen LogP contribution in [0.15, 0.2) is 23.1 Å². The van der Waals surface area contributed by atoms with Gasteiger partial charge >= 0.3 is 0 Å². The zero-order chi connectivity index (χ0) is 19.2. The van der Waals surface area contributed by atoms with Crippen molar-refractivity contribution in [2.24, 2.45) is 0 Å². The van der Waals surface area contributed by atoms with E-state index in [-0.39, 0.29) is 36.9 Å². The molecule has 7 nitrogen and oxygen atoms in total. The Labute approximate surface area is 162 Å². The number of carbonyl (C=O) groups is 3. The van der Waals surface area contributed by atoms with Crippen molar-refractivity contribution in [2.45, 2.75) is 32.6 Å². The average Bonchev–Trinajstić information content (AvgIpc) is 3.21. The van der Waals surface area contributed by atoms with E-state index in [2.05, 4.69) is 12.2 Å². The van der Waals surface area contributed by atoms with Crippen LogP contribution in [-0.4, -0.2) is 41.8 Å². The zero-order valence-electron chi connectivity index (χ0n) is 15.2. The molecule has 144 valence electrons. The van der Waals surface area contributed by atoms with Gasteiger partial charge in [-0.1, -0.05) is 25.8 Å². The molecule has 2 aliphatic rings. The Balaban J connectivity index is 1.54. The van der Waals surface area contributed by atoms with Gasteiger partial charge in [-0.05, 0) is 42.0 Å². The first-order valence-electron chi connectivity index (χ1n) is 9.00. The molecule has 0 saturated carbocycles. The van der Waals surface area contributed by atoms with E-state index in [1.54, 1.807) is 24.3 Å². The van der Waals surface area contributed by atoms with Crippen LogP contribution in [0.2, 0.25) is 0 Å². The molecule has 0 aliphatic carbocycles. The third-order valence-corrected chi connectivity index (χ3v) is 5.14. The SMILES string of the molecule is CCCCCC(=O)NCCN1C(=O)SC(=Cc2ccc3c(c2)OCO3)C1=O. The molecule has 0 atom stereocenters. The zero-order valence-corrected chi connectivity index (χ0v) is 16.0. The molecule has 1 N–H and O–H groups in total. The highest BCUT2D eigenvalue weighted by atomic mass is 32.2. The van der Waals surface area contributed by atoms with Crippen LogP contribution >= 0.6 is 11.8 Å². The lowest BCUT2D eigenvalue weighted by Gasteiger charge is -2.12. The number of amides is 3. The Morgan fingerprint density at radius 1 is 1.26 bits per heavy atom. The molecule has 0 bridgehead atoms. The Morgan fingerprint density at radius 2 is 2.07 bits per heavy atom. The lowest BCUT2D eigenvalue weighted by molar-refractivity contribution is -0.124. The molecule has 27 heavy (non-hydrogen) atoms. The molecule has 3 rings (SSSR count). The van der Waals surface area contributed by atoms with E-state index in [1.165, 1.54) is 0 Å². The number of hydrogen-bond acceptors (Lipinski definition) is 6. The number of rotatable bonds is 8. The van der Waals surface area contributed by atoms with Gasteiger partial charge < -0.3 is 14.8 Å². The van der Waals surface area contributed by atoms with E-state index >= 15 is 0 Å². The van der Waals surface area contributed by atoms with Gasteiger partial charge in [-0.15, -0.1) is 0 Å². The second-order valence-electron chi connectivity index (χ2n) is 6.25. The van der Waals surface area contributed by atoms with Crippen LogP contribution < -0.4 is 14.8 Å². The summed E-state index contributed by atoms with van der Waals surface area (Å²) >= 11 is 0.899. The molecule has 1 aromatic rings. The van der Waals surface area contributed by atoms with Gasteiger partial charge in [0.15, 0.2) is 11.5 Å². The Hall–Kier alpha value is -2.48. The van der Waals surface area contributed by atoms with Crippen molar-refractivity contribution in [3.05, 3.63) is 28.7 Å². The smallest absolute Gasteiger partial charge is 0.293 e. The summed E-state index contributed by atoms with van der Waals surface area (Å²) in [6.07, 6.45) is 5.05. The highest BCUT2D eigenvalue weighted by Gasteiger charge is 2.34. The van der Waals surface area contributed by atoms with Gasteiger partial charge in [0.1, 0.15) is 0 Å². The highest BCUT2D eigenvalue weighted by Crippen LogP contribution is 2.36. The van der Waals surface area contributed by atoms with E-state index in [9.17, 15) is 14.4 Å². The standard InChI is InChI=1S/C19H22N2O5S/c1-2-3-4-5-17(22)20-8-9-21-18(23)16(27-19(21)24)11-13-6-7-14-15(10-13)26-12-25-14/h6-7,10-11H,2-5,8-9,12H2,1H3,(H,20,22). The highest BCUT2D eigenvalue weighted by molar-refractivity contribution is 8.18. The first-order valence-corrected chi connectivity index (χ1v) is 9.82. The first kappa shape index (κ1) is 19.3. The molecule has 2 aliphatic heterocycles. The third kappa shape index (κ3) is 4.82. The fourth-order valence-electron chi connectivity index (χ4n) is 2.78. The van der Waals surface area contributed by atoms with E-state index in [0.29, 0.717) is 22.8 Å². The summed E-state index contributed by atoms with van der Waals surface area (Å²) in [4.78, 5) is 37.8. The molecule has 0 radical (unpaired) electrons. The van der Waals surface area contributed by atoms with Crippen molar-refractivity contribution in [1.82, 2.24) is 10.2 Å². The Morgan fingerprint density at radius 3 is 2.89 bits per heavy atom. The van der Waals surface area contributed by atoms with Crippen LogP contribution in [0.4, 0.5) is 4.79 Å². The summed E-state index contributed by atoms with van der Waals surface area (Å²) in [6.45, 7) is 2.69. The maximum Gasteiger partial charge on any atom is 0.293 e. The van der Waals surface area contributed by atoms with Crippen LogP contribution in [0.1, 0.15) is 38.2 Å². The van der Waals surface area contributed by atoms with Gasteiger partial charge in [-0.2, -0.15) is 0 Å². The number of nitrogens with zero attached hydrogens (tertiary/aromatic N) is 1. The number of unbranched alkanes of at least 4 members (excludes halogenated alkanes) is 2. The van der Waals surface area contributed by atoms with E-state index in [1.807, 2.05) is 0 Å². The molecule has 0 aromatic heterocycles. The van der Waals surface area contributed by atoms with E-state index in [4.69, 9.17) is 9.47 Å². The summed E-state index contributed by atoms with van der Waals surface area (Å²) in [7, 11) is 0. The van der Waals surface area contributed by atoms with E-state index in [0.717, 1.165) is 41.5 Å². The quantitative estimate of drug-likeness (QED) is 0.542. The Bertz CT molecular complexity index is 777. The van der Waals surface area contributed by atoms with Gasteiger partial charge in [0, 0.05) is 19.5 Å². The number of carbonyl (C=O) groups excluding carboxylic acids is 3. The fraction of sp³-hybridized carbons (Fsp3) is 0.421. The number of benzene rings is 1. The number of hydrogen-bond donors (Lipinski definition) is 1. The summed E-state index contributed by atoms with van der Waals surface area (Å²) in [5.74, 6) is 0.887. The lowest BCUT2D eigenvalue weighted by atomic mass is 10.2. The van der Waals surface area contributed by atoms with Crippen molar-refractivity contribution in [2.75, 3.05) is 19.9 Å². The first-order chi connectivity index (χ1) is 13.1. The summed E-state index contributed by atoms with van der Waals surface area (Å²) in [5.41, 5.74) is 0.758. The molecule has 0 unspecified atom stereocenters. The van der Waals surface area contributed by atoms with Crippen LogP contribution in [0.5, 0.6) is 11.5 Å². The van der Waals surface area contributed by atoms with Gasteiger partial charge in [0.05, 0.1) is 4.91 Å². The van der Waals surface area contributed by atoms with Crippen LogP contribution in [0.3, 0.4) is 0 Å². The largest absolute Gasteiger partial charge is 0.454 e. The molecule has 8 heteroatoms. The second kappa shape index (κ2) is 8.94. The summed E-state index contributed by atoms with van der Waals surface area (Å²) in [6, 6.07) is 5.34. The normalized spacial score (nSPS) is 17.1. The monoisotopic (exact) mass is 390 g/mol. The average molecular weight is 390 g/mol. The number of fused-ring (bicyclic) bond motifs is 1. The molecule has 0 spiro atoms. The molecular weight excluding hydrogens is 368 g/mol.